The molecule has 2 aromatic heterocycles. The molecule has 0 aliphatic rings. The summed E-state index contributed by atoms with van der Waals surface area (Å²) in [4.78, 5) is 16.8. The maximum Gasteiger partial charge on any atom is 0.340 e. The summed E-state index contributed by atoms with van der Waals surface area (Å²) < 4.78 is 21.1. The largest absolute Gasteiger partial charge is 0.457 e. The molecule has 0 aliphatic carbocycles. The summed E-state index contributed by atoms with van der Waals surface area (Å²) in [5.74, 6) is -1.04. The molecular formula is C21H18FN3O2. The third kappa shape index (κ3) is 4.04. The number of esters is 1. The lowest BCUT2D eigenvalue weighted by atomic mass is 10.1. The number of aromatic nitrogens is 2. The van der Waals surface area contributed by atoms with Crippen LogP contribution in [0, 0.1) is 31.0 Å². The van der Waals surface area contributed by atoms with Crippen LogP contribution in [-0.2, 0) is 17.9 Å². The van der Waals surface area contributed by atoms with Gasteiger partial charge >= 0.3 is 5.97 Å². The zero-order valence-electron chi connectivity index (χ0n) is 15.1. The van der Waals surface area contributed by atoms with Gasteiger partial charge in [-0.3, -0.25) is 4.98 Å². The summed E-state index contributed by atoms with van der Waals surface area (Å²) in [7, 11) is 0. The standard InChI is InChI=1S/C21H18FN3O2/c1-14-9-19(15(2)25(14)12-18-5-3-4-8-24-18)21(26)27-13-17-10-16(11-23)6-7-20(17)22/h3-10H,12-13H2,1-2H3. The minimum absolute atomic E-state index is 0.171. The Morgan fingerprint density at radius 3 is 2.78 bits per heavy atom. The fourth-order valence-corrected chi connectivity index (χ4v) is 2.88. The highest BCUT2D eigenvalue weighted by Crippen LogP contribution is 2.19. The van der Waals surface area contributed by atoms with Crippen molar-refractivity contribution >= 4 is 5.97 Å². The number of ether oxygens (including phenoxy) is 1. The van der Waals surface area contributed by atoms with E-state index >= 15 is 0 Å². The van der Waals surface area contributed by atoms with Crippen molar-refractivity contribution in [3.8, 4) is 6.07 Å². The van der Waals surface area contributed by atoms with E-state index in [4.69, 9.17) is 10.00 Å². The molecule has 0 unspecified atom stereocenters. The summed E-state index contributed by atoms with van der Waals surface area (Å²) in [6, 6.07) is 13.3. The number of carbonyl (C=O) groups is 1. The molecule has 2 heterocycles. The van der Waals surface area contributed by atoms with Crippen LogP contribution in [0.25, 0.3) is 0 Å². The molecule has 0 amide bonds. The van der Waals surface area contributed by atoms with Gasteiger partial charge in [-0.1, -0.05) is 6.07 Å². The van der Waals surface area contributed by atoms with E-state index in [2.05, 4.69) is 4.98 Å². The number of halogens is 1. The molecule has 0 radical (unpaired) electrons. The minimum Gasteiger partial charge on any atom is -0.457 e. The lowest BCUT2D eigenvalue weighted by Gasteiger charge is -2.10. The third-order valence-corrected chi connectivity index (χ3v) is 4.37. The molecule has 5 nitrogen and oxygen atoms in total. The molecule has 0 N–H and O–H groups in total. The SMILES string of the molecule is Cc1cc(C(=O)OCc2cc(C#N)ccc2F)c(C)n1Cc1ccccn1. The van der Waals surface area contributed by atoms with Crippen LogP contribution in [0.5, 0.6) is 0 Å². The van der Waals surface area contributed by atoms with E-state index in [1.807, 2.05) is 42.7 Å². The van der Waals surface area contributed by atoms with Crippen molar-refractivity contribution < 1.29 is 13.9 Å². The third-order valence-electron chi connectivity index (χ3n) is 4.37. The molecule has 0 saturated carbocycles. The average Bonchev–Trinajstić information content (AvgIpc) is 2.96. The van der Waals surface area contributed by atoms with Gasteiger partial charge in [0.2, 0.25) is 0 Å². The first-order valence-corrected chi connectivity index (χ1v) is 8.42. The van der Waals surface area contributed by atoms with Crippen molar-refractivity contribution in [3.63, 3.8) is 0 Å². The number of nitriles is 1. The topological polar surface area (TPSA) is 67.9 Å². The van der Waals surface area contributed by atoms with E-state index in [1.165, 1.54) is 18.2 Å². The first-order valence-electron chi connectivity index (χ1n) is 8.42. The van der Waals surface area contributed by atoms with Crippen molar-refractivity contribution in [1.29, 1.82) is 5.26 Å². The van der Waals surface area contributed by atoms with Gasteiger partial charge in [-0.2, -0.15) is 5.26 Å². The van der Waals surface area contributed by atoms with E-state index in [9.17, 15) is 9.18 Å². The Morgan fingerprint density at radius 2 is 2.07 bits per heavy atom. The number of pyridine rings is 1. The highest BCUT2D eigenvalue weighted by atomic mass is 19.1. The van der Waals surface area contributed by atoms with Gasteiger partial charge in [-0.15, -0.1) is 0 Å². The number of hydrogen-bond donors (Lipinski definition) is 0. The van der Waals surface area contributed by atoms with Crippen LogP contribution in [0.4, 0.5) is 4.39 Å². The van der Waals surface area contributed by atoms with Gasteiger partial charge < -0.3 is 9.30 Å². The number of aryl methyl sites for hydroxylation is 1. The van der Waals surface area contributed by atoms with E-state index in [-0.39, 0.29) is 12.2 Å². The van der Waals surface area contributed by atoms with Gasteiger partial charge in [0.05, 0.1) is 29.4 Å². The zero-order chi connectivity index (χ0) is 19.4. The fourth-order valence-electron chi connectivity index (χ4n) is 2.88. The molecule has 3 rings (SSSR count). The van der Waals surface area contributed by atoms with E-state index in [0.29, 0.717) is 17.7 Å². The van der Waals surface area contributed by atoms with Gasteiger partial charge in [0.1, 0.15) is 12.4 Å². The monoisotopic (exact) mass is 363 g/mol. The smallest absolute Gasteiger partial charge is 0.340 e. The number of nitrogens with zero attached hydrogens (tertiary/aromatic N) is 3. The van der Waals surface area contributed by atoms with Crippen LogP contribution in [0.3, 0.4) is 0 Å². The van der Waals surface area contributed by atoms with E-state index in [0.717, 1.165) is 17.1 Å². The van der Waals surface area contributed by atoms with Crippen molar-refractivity contribution in [3.05, 3.63) is 88.3 Å². The van der Waals surface area contributed by atoms with Crippen LogP contribution in [0.1, 0.15) is 38.6 Å². The molecule has 6 heteroatoms. The van der Waals surface area contributed by atoms with Crippen LogP contribution in [0.15, 0.2) is 48.7 Å². The van der Waals surface area contributed by atoms with Crippen molar-refractivity contribution in [2.75, 3.05) is 0 Å². The first-order chi connectivity index (χ1) is 13.0. The van der Waals surface area contributed by atoms with Crippen LogP contribution >= 0.6 is 0 Å². The summed E-state index contributed by atoms with van der Waals surface area (Å²) >= 11 is 0. The number of hydrogen-bond acceptors (Lipinski definition) is 4. The van der Waals surface area contributed by atoms with Crippen LogP contribution < -0.4 is 0 Å². The Hall–Kier alpha value is -3.46. The summed E-state index contributed by atoms with van der Waals surface area (Å²) in [5, 5.41) is 8.91. The van der Waals surface area contributed by atoms with Crippen LogP contribution in [0.2, 0.25) is 0 Å². The maximum atomic E-state index is 13.8. The van der Waals surface area contributed by atoms with Gasteiger partial charge in [-0.25, -0.2) is 9.18 Å². The highest BCUT2D eigenvalue weighted by molar-refractivity contribution is 5.91. The molecule has 0 fully saturated rings. The second kappa shape index (κ2) is 7.83. The molecule has 1 aromatic carbocycles. The molecule has 3 aromatic rings. The summed E-state index contributed by atoms with van der Waals surface area (Å²) in [5.41, 5.74) is 3.47. The Kier molecular flexibility index (Phi) is 5.32. The normalized spacial score (nSPS) is 10.4. The molecule has 0 bridgehead atoms. The Bertz CT molecular complexity index is 1020. The second-order valence-electron chi connectivity index (χ2n) is 6.19. The molecule has 27 heavy (non-hydrogen) atoms. The van der Waals surface area contributed by atoms with Gasteiger partial charge in [-0.05, 0) is 50.2 Å². The predicted octanol–water partition coefficient (Wildman–Crippen LogP) is 3.92. The zero-order valence-corrected chi connectivity index (χ0v) is 15.1. The van der Waals surface area contributed by atoms with Gasteiger partial charge in [0, 0.05) is 23.1 Å². The van der Waals surface area contributed by atoms with Crippen molar-refractivity contribution in [2.45, 2.75) is 27.0 Å². The Labute approximate surface area is 156 Å². The average molecular weight is 363 g/mol. The molecule has 0 atom stereocenters. The quantitative estimate of drug-likeness (QED) is 0.645. The Morgan fingerprint density at radius 1 is 1.26 bits per heavy atom. The fraction of sp³-hybridized carbons (Fsp3) is 0.190. The van der Waals surface area contributed by atoms with E-state index < -0.39 is 11.8 Å². The summed E-state index contributed by atoms with van der Waals surface area (Å²) in [6.45, 7) is 4.06. The lowest BCUT2D eigenvalue weighted by molar-refractivity contribution is 0.0468. The number of benzene rings is 1. The number of carbonyl (C=O) groups excluding carboxylic acids is 1. The van der Waals surface area contributed by atoms with Crippen molar-refractivity contribution in [1.82, 2.24) is 9.55 Å². The van der Waals surface area contributed by atoms with E-state index in [1.54, 1.807) is 12.3 Å². The first kappa shape index (κ1) is 18.3. The molecule has 136 valence electrons. The maximum absolute atomic E-state index is 13.8. The van der Waals surface area contributed by atoms with Gasteiger partial charge in [0.15, 0.2) is 0 Å². The molecule has 0 spiro atoms. The molecule has 0 aliphatic heterocycles. The molecular weight excluding hydrogens is 345 g/mol. The lowest BCUT2D eigenvalue weighted by Crippen LogP contribution is -2.09. The molecule has 0 saturated heterocycles. The second-order valence-corrected chi connectivity index (χ2v) is 6.19. The Balaban J connectivity index is 1.76. The summed E-state index contributed by atoms with van der Waals surface area (Å²) in [6.07, 6.45) is 1.72. The van der Waals surface area contributed by atoms with Crippen LogP contribution in [-0.4, -0.2) is 15.5 Å². The minimum atomic E-state index is -0.530. The van der Waals surface area contributed by atoms with Crippen molar-refractivity contribution in [2.24, 2.45) is 0 Å². The van der Waals surface area contributed by atoms with Gasteiger partial charge in [0.25, 0.3) is 0 Å². The predicted molar refractivity (Wildman–Crippen MR) is 97.5 cm³/mol. The number of rotatable bonds is 5. The highest BCUT2D eigenvalue weighted by Gasteiger charge is 2.18.